The quantitative estimate of drug-likeness (QED) is 0.823. The van der Waals surface area contributed by atoms with Crippen LogP contribution in [0.3, 0.4) is 0 Å². The molecule has 1 aromatic carbocycles. The molecule has 0 aliphatic carbocycles. The van der Waals surface area contributed by atoms with E-state index >= 15 is 0 Å². The predicted molar refractivity (Wildman–Crippen MR) is 64.1 cm³/mol. The summed E-state index contributed by atoms with van der Waals surface area (Å²) >= 11 is 0. The van der Waals surface area contributed by atoms with E-state index in [0.717, 1.165) is 0 Å². The Labute approximate surface area is 100 Å². The molecule has 0 bridgehead atoms. The number of ketones is 1. The first-order valence-corrected chi connectivity index (χ1v) is 6.43. The lowest BCUT2D eigenvalue weighted by atomic mass is 10.1. The lowest BCUT2D eigenvalue weighted by Gasteiger charge is -2.09. The molecule has 0 heterocycles. The second kappa shape index (κ2) is 4.97. The predicted octanol–water partition coefficient (Wildman–Crippen LogP) is 1.54. The molecule has 0 aromatic heterocycles. The van der Waals surface area contributed by atoms with Crippen molar-refractivity contribution in [3.05, 3.63) is 29.8 Å². The second-order valence-electron chi connectivity index (χ2n) is 3.56. The molecular formula is C11H12N2O3S. The molecule has 1 unspecified atom stereocenters. The highest BCUT2D eigenvalue weighted by molar-refractivity contribution is 7.93. The number of hydrogen-bond acceptors (Lipinski definition) is 4. The van der Waals surface area contributed by atoms with E-state index in [-0.39, 0.29) is 11.5 Å². The monoisotopic (exact) mass is 252 g/mol. The van der Waals surface area contributed by atoms with Crippen molar-refractivity contribution in [1.29, 1.82) is 5.26 Å². The molecule has 0 fully saturated rings. The molecule has 0 spiro atoms. The minimum Gasteiger partial charge on any atom is -0.295 e. The number of Topliss-reactive ketones (excluding diaryl/α,β-unsaturated/α-hetero) is 1. The Kier molecular flexibility index (Phi) is 3.86. The molecule has 6 heteroatoms. The van der Waals surface area contributed by atoms with Crippen LogP contribution in [0, 0.1) is 11.3 Å². The summed E-state index contributed by atoms with van der Waals surface area (Å²) in [5.41, 5.74) is 0.689. The van der Waals surface area contributed by atoms with Crippen molar-refractivity contribution < 1.29 is 13.2 Å². The van der Waals surface area contributed by atoms with Gasteiger partial charge in [-0.1, -0.05) is 12.1 Å². The van der Waals surface area contributed by atoms with Crippen molar-refractivity contribution >= 4 is 21.5 Å². The van der Waals surface area contributed by atoms with Gasteiger partial charge in [0.2, 0.25) is 10.0 Å². The number of carbonyl (C=O) groups excluding carboxylic acids is 1. The van der Waals surface area contributed by atoms with Gasteiger partial charge in [-0.25, -0.2) is 8.42 Å². The third-order valence-corrected chi connectivity index (χ3v) is 3.73. The maximum atomic E-state index is 11.6. The van der Waals surface area contributed by atoms with Crippen molar-refractivity contribution in [2.24, 2.45) is 0 Å². The van der Waals surface area contributed by atoms with Crippen LogP contribution in [0.5, 0.6) is 0 Å². The van der Waals surface area contributed by atoms with Crippen molar-refractivity contribution in [2.45, 2.75) is 19.1 Å². The number of nitrogens with zero attached hydrogens (tertiary/aromatic N) is 1. The van der Waals surface area contributed by atoms with Crippen LogP contribution >= 0.6 is 0 Å². The van der Waals surface area contributed by atoms with Gasteiger partial charge >= 0.3 is 0 Å². The molecule has 0 radical (unpaired) electrons. The summed E-state index contributed by atoms with van der Waals surface area (Å²) in [5, 5.41) is 7.42. The highest BCUT2D eigenvalue weighted by atomic mass is 32.2. The fourth-order valence-corrected chi connectivity index (χ4v) is 1.89. The molecule has 0 saturated heterocycles. The van der Waals surface area contributed by atoms with Crippen LogP contribution < -0.4 is 4.72 Å². The van der Waals surface area contributed by atoms with Crippen LogP contribution in [0.1, 0.15) is 24.2 Å². The molecule has 0 aliphatic rings. The largest absolute Gasteiger partial charge is 0.295 e. The van der Waals surface area contributed by atoms with Crippen LogP contribution in [0.2, 0.25) is 0 Å². The van der Waals surface area contributed by atoms with Gasteiger partial charge in [0.25, 0.3) is 0 Å². The summed E-state index contributed by atoms with van der Waals surface area (Å²) < 4.78 is 25.4. The highest BCUT2D eigenvalue weighted by Gasteiger charge is 2.20. The maximum Gasteiger partial charge on any atom is 0.248 e. The molecule has 1 atom stereocenters. The summed E-state index contributed by atoms with van der Waals surface area (Å²) in [4.78, 5) is 11.1. The topological polar surface area (TPSA) is 87.0 Å². The minimum absolute atomic E-state index is 0.153. The summed E-state index contributed by atoms with van der Waals surface area (Å²) in [6.07, 6.45) is 0. The average molecular weight is 252 g/mol. The molecular weight excluding hydrogens is 240 g/mol. The van der Waals surface area contributed by atoms with E-state index in [0.29, 0.717) is 5.56 Å². The molecule has 5 nitrogen and oxygen atoms in total. The summed E-state index contributed by atoms with van der Waals surface area (Å²) in [6, 6.07) is 7.77. The van der Waals surface area contributed by atoms with Crippen molar-refractivity contribution in [2.75, 3.05) is 4.72 Å². The third kappa shape index (κ3) is 3.29. The molecule has 0 amide bonds. The zero-order valence-corrected chi connectivity index (χ0v) is 10.3. The van der Waals surface area contributed by atoms with Gasteiger partial charge in [0.1, 0.15) is 0 Å². The number of sulfonamides is 1. The Morgan fingerprint density at radius 3 is 2.65 bits per heavy atom. The standard InChI is InChI=1S/C11H12N2O3S/c1-8(7-12)17(15,16)13-11-5-3-4-10(6-11)9(2)14/h3-6,8,13H,1-2H3. The Balaban J connectivity index is 3.01. The molecule has 1 rings (SSSR count). The highest BCUT2D eigenvalue weighted by Crippen LogP contribution is 2.14. The summed E-state index contributed by atoms with van der Waals surface area (Å²) in [6.45, 7) is 2.68. The summed E-state index contributed by atoms with van der Waals surface area (Å²) in [5.74, 6) is -0.153. The molecule has 1 N–H and O–H groups in total. The van der Waals surface area contributed by atoms with Gasteiger partial charge < -0.3 is 0 Å². The van der Waals surface area contributed by atoms with E-state index in [9.17, 15) is 13.2 Å². The fourth-order valence-electron chi connectivity index (χ4n) is 1.12. The smallest absolute Gasteiger partial charge is 0.248 e. The average Bonchev–Trinajstić information content (AvgIpc) is 2.27. The zero-order valence-electron chi connectivity index (χ0n) is 9.47. The first kappa shape index (κ1) is 13.2. The normalized spacial score (nSPS) is 12.5. The number of carbonyl (C=O) groups is 1. The molecule has 90 valence electrons. The van der Waals surface area contributed by atoms with Gasteiger partial charge in [0.15, 0.2) is 11.0 Å². The zero-order chi connectivity index (χ0) is 13.1. The molecule has 17 heavy (non-hydrogen) atoms. The van der Waals surface area contributed by atoms with E-state index in [2.05, 4.69) is 4.72 Å². The van der Waals surface area contributed by atoms with Crippen LogP contribution in [0.15, 0.2) is 24.3 Å². The van der Waals surface area contributed by atoms with Crippen LogP contribution in [-0.4, -0.2) is 19.5 Å². The van der Waals surface area contributed by atoms with Gasteiger partial charge in [-0.05, 0) is 26.0 Å². The lowest BCUT2D eigenvalue weighted by molar-refractivity contribution is 0.101. The number of nitriles is 1. The van der Waals surface area contributed by atoms with Gasteiger partial charge in [0, 0.05) is 11.3 Å². The van der Waals surface area contributed by atoms with E-state index in [1.807, 2.05) is 0 Å². The third-order valence-electron chi connectivity index (χ3n) is 2.18. The molecule has 0 aliphatic heterocycles. The molecule has 1 aromatic rings. The Morgan fingerprint density at radius 1 is 1.47 bits per heavy atom. The van der Waals surface area contributed by atoms with E-state index in [1.54, 1.807) is 18.2 Å². The SMILES string of the molecule is CC(=O)c1cccc(NS(=O)(=O)C(C)C#N)c1. The van der Waals surface area contributed by atoms with E-state index in [1.165, 1.54) is 26.0 Å². The number of anilines is 1. The maximum absolute atomic E-state index is 11.6. The second-order valence-corrected chi connectivity index (χ2v) is 5.56. The van der Waals surface area contributed by atoms with Crippen molar-refractivity contribution in [3.63, 3.8) is 0 Å². The number of nitrogens with one attached hydrogen (secondary N) is 1. The Hall–Kier alpha value is -1.87. The number of rotatable bonds is 4. The van der Waals surface area contributed by atoms with Gasteiger partial charge in [-0.15, -0.1) is 0 Å². The van der Waals surface area contributed by atoms with E-state index in [4.69, 9.17) is 5.26 Å². The Bertz CT molecular complexity index is 573. The lowest BCUT2D eigenvalue weighted by Crippen LogP contribution is -2.23. The van der Waals surface area contributed by atoms with Gasteiger partial charge in [-0.3, -0.25) is 9.52 Å². The minimum atomic E-state index is -3.73. The number of hydrogen-bond donors (Lipinski definition) is 1. The first-order valence-electron chi connectivity index (χ1n) is 4.89. The first-order chi connectivity index (χ1) is 7.86. The van der Waals surface area contributed by atoms with Crippen LogP contribution in [0.25, 0.3) is 0 Å². The van der Waals surface area contributed by atoms with Crippen molar-refractivity contribution in [1.82, 2.24) is 0 Å². The molecule has 0 saturated carbocycles. The van der Waals surface area contributed by atoms with E-state index < -0.39 is 15.3 Å². The fraction of sp³-hybridized carbons (Fsp3) is 0.273. The van der Waals surface area contributed by atoms with Crippen LogP contribution in [-0.2, 0) is 10.0 Å². The van der Waals surface area contributed by atoms with Crippen LogP contribution in [0.4, 0.5) is 5.69 Å². The van der Waals surface area contributed by atoms with Gasteiger partial charge in [-0.2, -0.15) is 5.26 Å². The summed E-state index contributed by atoms with van der Waals surface area (Å²) in [7, 11) is -3.73. The number of benzene rings is 1. The van der Waals surface area contributed by atoms with Gasteiger partial charge in [0.05, 0.1) is 6.07 Å². The van der Waals surface area contributed by atoms with Crippen molar-refractivity contribution in [3.8, 4) is 6.07 Å². The Morgan fingerprint density at radius 2 is 2.12 bits per heavy atom.